The van der Waals surface area contributed by atoms with Crippen LogP contribution >= 0.6 is 15.9 Å². The van der Waals surface area contributed by atoms with E-state index in [4.69, 9.17) is 0 Å². The summed E-state index contributed by atoms with van der Waals surface area (Å²) in [5.41, 5.74) is 0. The molecule has 13 heteroatoms. The summed E-state index contributed by atoms with van der Waals surface area (Å²) in [6, 6.07) is 3.11. The molecular formula is C10H17BrN6O4S2. The van der Waals surface area contributed by atoms with Crippen LogP contribution < -0.4 is 0 Å². The SMILES string of the molecule is CN(C)S(=O)(=O)n1cccn1.CN(C)S(=O)(=O)n1nccc1Br. The van der Waals surface area contributed by atoms with E-state index in [1.807, 2.05) is 0 Å². The summed E-state index contributed by atoms with van der Waals surface area (Å²) in [5, 5.41) is 7.25. The molecule has 2 heterocycles. The molecule has 23 heavy (non-hydrogen) atoms. The number of nitrogens with zero attached hydrogens (tertiary/aromatic N) is 6. The lowest BCUT2D eigenvalue weighted by Gasteiger charge is -2.11. The van der Waals surface area contributed by atoms with E-state index in [9.17, 15) is 16.8 Å². The van der Waals surface area contributed by atoms with Gasteiger partial charge in [-0.15, -0.1) is 4.09 Å². The quantitative estimate of drug-likeness (QED) is 0.668. The Kier molecular flexibility index (Phi) is 6.47. The molecule has 130 valence electrons. The van der Waals surface area contributed by atoms with Crippen LogP contribution in [0.4, 0.5) is 0 Å². The molecule has 10 nitrogen and oxygen atoms in total. The van der Waals surface area contributed by atoms with E-state index in [-0.39, 0.29) is 0 Å². The van der Waals surface area contributed by atoms with Crippen LogP contribution in [-0.4, -0.2) is 72.0 Å². The van der Waals surface area contributed by atoms with Gasteiger partial charge in [0, 0.05) is 34.4 Å². The van der Waals surface area contributed by atoms with Crippen molar-refractivity contribution in [3.8, 4) is 0 Å². The van der Waals surface area contributed by atoms with Crippen LogP contribution in [0.2, 0.25) is 0 Å². The Balaban J connectivity index is 0.000000231. The molecule has 0 aliphatic carbocycles. The summed E-state index contributed by atoms with van der Waals surface area (Å²) in [7, 11) is -1.06. The first kappa shape index (κ1) is 19.8. The van der Waals surface area contributed by atoms with Crippen LogP contribution in [0.15, 0.2) is 35.3 Å². The smallest absolute Gasteiger partial charge is 0.189 e. The lowest BCUT2D eigenvalue weighted by molar-refractivity contribution is 0.502. The van der Waals surface area contributed by atoms with Crippen LogP contribution in [0, 0.1) is 0 Å². The van der Waals surface area contributed by atoms with E-state index in [0.29, 0.717) is 4.60 Å². The molecule has 0 fully saturated rings. The van der Waals surface area contributed by atoms with Crippen LogP contribution in [0.3, 0.4) is 0 Å². The van der Waals surface area contributed by atoms with Gasteiger partial charge >= 0.3 is 20.4 Å². The largest absolute Gasteiger partial charge is 0.323 e. The summed E-state index contributed by atoms with van der Waals surface area (Å²) >= 11 is 3.06. The number of rotatable bonds is 4. The van der Waals surface area contributed by atoms with Crippen LogP contribution in [0.25, 0.3) is 0 Å². The highest BCUT2D eigenvalue weighted by Crippen LogP contribution is 2.11. The number of aromatic nitrogens is 4. The molecule has 0 unspecified atom stereocenters. The zero-order valence-corrected chi connectivity index (χ0v) is 16.1. The first-order valence-corrected chi connectivity index (χ1v) is 9.65. The minimum absolute atomic E-state index is 0.413. The van der Waals surface area contributed by atoms with Gasteiger partial charge in [0.05, 0.1) is 12.4 Å². The third-order valence-corrected chi connectivity index (χ3v) is 6.52. The third-order valence-electron chi connectivity index (χ3n) is 2.42. The van der Waals surface area contributed by atoms with Crippen LogP contribution in [0.5, 0.6) is 0 Å². The van der Waals surface area contributed by atoms with E-state index in [2.05, 4.69) is 26.1 Å². The van der Waals surface area contributed by atoms with Crippen molar-refractivity contribution in [2.45, 2.75) is 0 Å². The molecule has 0 saturated heterocycles. The second kappa shape index (κ2) is 7.53. The standard InChI is InChI=1S/C5H8BrN3O2S.C5H9N3O2S/c1-8(2)12(10,11)9-5(6)3-4-7-9;1-7(2)11(9,10)8-5-3-4-6-8/h3-4H,1-2H3;3-5H,1-2H3. The van der Waals surface area contributed by atoms with Crippen molar-refractivity contribution in [3.05, 3.63) is 35.3 Å². The van der Waals surface area contributed by atoms with Crippen molar-refractivity contribution in [1.82, 2.24) is 27.0 Å². The third kappa shape index (κ3) is 4.60. The van der Waals surface area contributed by atoms with Gasteiger partial charge in [-0.3, -0.25) is 0 Å². The summed E-state index contributed by atoms with van der Waals surface area (Å²) in [4.78, 5) is 0. The maximum atomic E-state index is 11.4. The normalized spacial score (nSPS) is 12.3. The molecule has 0 amide bonds. The van der Waals surface area contributed by atoms with Crippen molar-refractivity contribution in [2.24, 2.45) is 0 Å². The Hall–Kier alpha value is -1.28. The van der Waals surface area contributed by atoms with E-state index >= 15 is 0 Å². The first-order valence-electron chi connectivity index (χ1n) is 6.06. The number of halogens is 1. The summed E-state index contributed by atoms with van der Waals surface area (Å²) in [5.74, 6) is 0. The van der Waals surface area contributed by atoms with Gasteiger partial charge in [0.1, 0.15) is 4.60 Å². The molecule has 0 bridgehead atoms. The van der Waals surface area contributed by atoms with Crippen LogP contribution in [-0.2, 0) is 20.4 Å². The van der Waals surface area contributed by atoms with Crippen LogP contribution in [0.1, 0.15) is 0 Å². The number of hydrogen-bond donors (Lipinski definition) is 0. The van der Waals surface area contributed by atoms with Gasteiger partial charge in [0.15, 0.2) is 0 Å². The molecule has 2 rings (SSSR count). The zero-order valence-electron chi connectivity index (χ0n) is 12.9. The average Bonchev–Trinajstić information content (AvgIpc) is 3.09. The topological polar surface area (TPSA) is 110 Å². The Labute approximate surface area is 143 Å². The summed E-state index contributed by atoms with van der Waals surface area (Å²) in [6.07, 6.45) is 4.21. The molecule has 0 aromatic carbocycles. The maximum Gasteiger partial charge on any atom is 0.323 e. The Morgan fingerprint density at radius 1 is 0.957 bits per heavy atom. The molecule has 0 atom stereocenters. The van der Waals surface area contributed by atoms with E-state index < -0.39 is 20.4 Å². The van der Waals surface area contributed by atoms with Gasteiger partial charge in [0.25, 0.3) is 0 Å². The molecule has 0 N–H and O–H groups in total. The van der Waals surface area contributed by atoms with E-state index in [1.54, 1.807) is 12.1 Å². The lowest BCUT2D eigenvalue weighted by atomic mass is 10.8. The molecule has 2 aromatic rings. The molecule has 0 radical (unpaired) electrons. The number of hydrogen-bond acceptors (Lipinski definition) is 6. The van der Waals surface area contributed by atoms with E-state index in [0.717, 1.165) is 16.8 Å². The second-order valence-electron chi connectivity index (χ2n) is 4.46. The summed E-state index contributed by atoms with van der Waals surface area (Å²) in [6.45, 7) is 0. The van der Waals surface area contributed by atoms with E-state index in [1.165, 1.54) is 46.8 Å². The highest BCUT2D eigenvalue weighted by molar-refractivity contribution is 9.10. The van der Waals surface area contributed by atoms with Crippen molar-refractivity contribution < 1.29 is 16.8 Å². The predicted octanol–water partition coefficient (Wildman–Crippen LogP) is -0.162. The van der Waals surface area contributed by atoms with Gasteiger partial charge in [-0.05, 0) is 28.1 Å². The monoisotopic (exact) mass is 428 g/mol. The lowest BCUT2D eigenvalue weighted by Crippen LogP contribution is -2.29. The predicted molar refractivity (Wildman–Crippen MR) is 88.2 cm³/mol. The van der Waals surface area contributed by atoms with Crippen molar-refractivity contribution in [1.29, 1.82) is 0 Å². The minimum Gasteiger partial charge on any atom is -0.189 e. The fourth-order valence-corrected chi connectivity index (χ4v) is 3.41. The first-order chi connectivity index (χ1) is 10.5. The van der Waals surface area contributed by atoms with Gasteiger partial charge in [0.2, 0.25) is 0 Å². The van der Waals surface area contributed by atoms with Gasteiger partial charge in [-0.1, -0.05) is 0 Å². The fourth-order valence-electron chi connectivity index (χ4n) is 1.16. The van der Waals surface area contributed by atoms with Gasteiger partial charge in [-0.2, -0.15) is 39.7 Å². The zero-order chi connectivity index (χ0) is 17.8. The Bertz CT molecular complexity index is 827. The fraction of sp³-hybridized carbons (Fsp3) is 0.400. The molecule has 0 aliphatic rings. The van der Waals surface area contributed by atoms with Gasteiger partial charge in [-0.25, -0.2) is 0 Å². The molecule has 0 saturated carbocycles. The highest BCUT2D eigenvalue weighted by Gasteiger charge is 2.18. The average molecular weight is 429 g/mol. The van der Waals surface area contributed by atoms with Crippen molar-refractivity contribution in [2.75, 3.05) is 28.2 Å². The Morgan fingerprint density at radius 2 is 1.52 bits per heavy atom. The van der Waals surface area contributed by atoms with Crippen molar-refractivity contribution in [3.63, 3.8) is 0 Å². The molecule has 2 aromatic heterocycles. The minimum atomic E-state index is -3.47. The highest BCUT2D eigenvalue weighted by atomic mass is 79.9. The second-order valence-corrected chi connectivity index (χ2v) is 9.24. The van der Waals surface area contributed by atoms with Gasteiger partial charge < -0.3 is 0 Å². The summed E-state index contributed by atoms with van der Waals surface area (Å²) < 4.78 is 49.7. The molecule has 0 spiro atoms. The maximum absolute atomic E-state index is 11.4. The molecule has 0 aliphatic heterocycles. The molecular weight excluding hydrogens is 412 g/mol. The van der Waals surface area contributed by atoms with Crippen molar-refractivity contribution >= 4 is 36.3 Å². The Morgan fingerprint density at radius 3 is 1.87 bits per heavy atom.